The number of aromatic nitrogens is 3. The SMILES string of the molecule is CC1C(C(=O)OC(C)(C)C)CCC2[C@H]1CC[C@@H]2NC(=O)c1cc(C(=O)O)nc2c(F)cnn12. The van der Waals surface area contributed by atoms with Gasteiger partial charge in [0.25, 0.3) is 5.91 Å². The lowest BCUT2D eigenvalue weighted by atomic mass is 9.68. The van der Waals surface area contributed by atoms with Crippen LogP contribution >= 0.6 is 0 Å². The Balaban J connectivity index is 1.50. The molecule has 5 atom stereocenters. The van der Waals surface area contributed by atoms with E-state index in [9.17, 15) is 23.9 Å². The van der Waals surface area contributed by atoms with Gasteiger partial charge < -0.3 is 15.2 Å². The molecule has 0 radical (unpaired) electrons. The smallest absolute Gasteiger partial charge is 0.354 e. The van der Waals surface area contributed by atoms with Gasteiger partial charge in [0.2, 0.25) is 0 Å². The van der Waals surface area contributed by atoms with Gasteiger partial charge in [-0.25, -0.2) is 18.7 Å². The van der Waals surface area contributed by atoms with Crippen LogP contribution < -0.4 is 5.32 Å². The number of aromatic carboxylic acids is 1. The van der Waals surface area contributed by atoms with Gasteiger partial charge in [-0.05, 0) is 64.2 Å². The van der Waals surface area contributed by atoms with Crippen molar-refractivity contribution < 1.29 is 28.6 Å². The Morgan fingerprint density at radius 1 is 1.18 bits per heavy atom. The summed E-state index contributed by atoms with van der Waals surface area (Å²) in [5.74, 6) is -2.41. The molecule has 33 heavy (non-hydrogen) atoms. The van der Waals surface area contributed by atoms with Crippen LogP contribution in [0.5, 0.6) is 0 Å². The number of carboxylic acid groups (broad SMARTS) is 1. The molecular formula is C23H29FN4O5. The van der Waals surface area contributed by atoms with Gasteiger partial charge in [0.05, 0.1) is 12.1 Å². The van der Waals surface area contributed by atoms with Crippen molar-refractivity contribution in [3.05, 3.63) is 29.5 Å². The van der Waals surface area contributed by atoms with E-state index in [1.807, 2.05) is 20.8 Å². The van der Waals surface area contributed by atoms with Gasteiger partial charge in [0.1, 0.15) is 11.3 Å². The maximum absolute atomic E-state index is 14.0. The maximum Gasteiger partial charge on any atom is 0.354 e. The fourth-order valence-corrected chi connectivity index (χ4v) is 5.44. The predicted molar refractivity (Wildman–Crippen MR) is 115 cm³/mol. The molecular weight excluding hydrogens is 431 g/mol. The highest BCUT2D eigenvalue weighted by Gasteiger charge is 2.47. The van der Waals surface area contributed by atoms with Gasteiger partial charge in [-0.3, -0.25) is 9.59 Å². The van der Waals surface area contributed by atoms with Crippen LogP contribution in [0.15, 0.2) is 12.3 Å². The topological polar surface area (TPSA) is 123 Å². The summed E-state index contributed by atoms with van der Waals surface area (Å²) in [5.41, 5.74) is -1.35. The Kier molecular flexibility index (Phi) is 5.88. The first-order valence-electron chi connectivity index (χ1n) is 11.3. The van der Waals surface area contributed by atoms with Crippen molar-refractivity contribution >= 4 is 23.5 Å². The molecule has 0 aliphatic heterocycles. The molecule has 2 aromatic heterocycles. The third-order valence-corrected chi connectivity index (χ3v) is 6.91. The van der Waals surface area contributed by atoms with Crippen LogP contribution in [0, 0.1) is 29.5 Å². The molecule has 2 aromatic rings. The zero-order valence-corrected chi connectivity index (χ0v) is 19.2. The molecule has 1 amide bonds. The van der Waals surface area contributed by atoms with E-state index >= 15 is 0 Å². The molecule has 2 saturated carbocycles. The fourth-order valence-electron chi connectivity index (χ4n) is 5.44. The number of carbonyl (C=O) groups excluding carboxylic acids is 2. The molecule has 178 valence electrons. The van der Waals surface area contributed by atoms with Crippen molar-refractivity contribution in [3.8, 4) is 0 Å². The summed E-state index contributed by atoms with van der Waals surface area (Å²) in [6.07, 6.45) is 4.00. The van der Waals surface area contributed by atoms with E-state index in [-0.39, 0.29) is 47.0 Å². The summed E-state index contributed by atoms with van der Waals surface area (Å²) in [4.78, 5) is 40.9. The molecule has 0 spiro atoms. The van der Waals surface area contributed by atoms with Gasteiger partial charge in [-0.2, -0.15) is 5.10 Å². The molecule has 9 nitrogen and oxygen atoms in total. The standard InChI is InChI=1S/C23H29FN4O5/c1-11-12-7-8-16(14(12)6-5-13(11)22(32)33-23(2,3)4)27-20(29)18-9-17(21(30)31)26-19-15(24)10-25-28(18)19/h9-14,16H,5-8H2,1-4H3,(H,27,29)(H,30,31)/t11?,12-,13?,14?,16-/m0/s1. The van der Waals surface area contributed by atoms with E-state index in [0.717, 1.165) is 36.0 Å². The molecule has 3 unspecified atom stereocenters. The van der Waals surface area contributed by atoms with Crippen LogP contribution in [-0.2, 0) is 9.53 Å². The monoisotopic (exact) mass is 460 g/mol. The number of fused-ring (bicyclic) bond motifs is 2. The Morgan fingerprint density at radius 2 is 1.88 bits per heavy atom. The first-order valence-corrected chi connectivity index (χ1v) is 11.3. The molecule has 10 heteroatoms. The number of carbonyl (C=O) groups is 3. The maximum atomic E-state index is 14.0. The predicted octanol–water partition coefficient (Wildman–Crippen LogP) is 3.08. The third-order valence-electron chi connectivity index (χ3n) is 6.91. The van der Waals surface area contributed by atoms with E-state index in [4.69, 9.17) is 4.74 Å². The molecule has 0 saturated heterocycles. The van der Waals surface area contributed by atoms with Gasteiger partial charge >= 0.3 is 11.9 Å². The molecule has 2 aliphatic carbocycles. The van der Waals surface area contributed by atoms with Crippen molar-refractivity contribution in [2.45, 2.75) is 65.0 Å². The summed E-state index contributed by atoms with van der Waals surface area (Å²) in [7, 11) is 0. The minimum absolute atomic E-state index is 0.0831. The molecule has 4 rings (SSSR count). The van der Waals surface area contributed by atoms with Crippen molar-refractivity contribution in [2.75, 3.05) is 0 Å². The van der Waals surface area contributed by atoms with Crippen LogP contribution in [0.3, 0.4) is 0 Å². The second-order valence-electron chi connectivity index (χ2n) is 10.1. The first-order chi connectivity index (χ1) is 15.5. The van der Waals surface area contributed by atoms with Crippen LogP contribution in [-0.4, -0.2) is 49.2 Å². The van der Waals surface area contributed by atoms with Crippen molar-refractivity contribution in [1.82, 2.24) is 19.9 Å². The molecule has 2 aliphatic rings. The van der Waals surface area contributed by atoms with Crippen LogP contribution in [0.2, 0.25) is 0 Å². The first kappa shape index (κ1) is 23.1. The second-order valence-corrected chi connectivity index (χ2v) is 10.1. The van der Waals surface area contributed by atoms with Crippen molar-refractivity contribution in [3.63, 3.8) is 0 Å². The molecule has 2 fully saturated rings. The van der Waals surface area contributed by atoms with Gasteiger partial charge in [0.15, 0.2) is 17.2 Å². The number of hydrogen-bond donors (Lipinski definition) is 2. The molecule has 2 N–H and O–H groups in total. The Labute approximate surface area is 190 Å². The van der Waals surface area contributed by atoms with E-state index in [1.54, 1.807) is 0 Å². The quantitative estimate of drug-likeness (QED) is 0.672. The summed E-state index contributed by atoms with van der Waals surface area (Å²) in [6, 6.07) is 0.979. The Hall–Kier alpha value is -3.04. The van der Waals surface area contributed by atoms with Crippen molar-refractivity contribution in [2.24, 2.45) is 23.7 Å². The summed E-state index contributed by atoms with van der Waals surface area (Å²) in [6.45, 7) is 7.66. The number of carboxylic acids is 1. The number of ether oxygens (including phenoxy) is 1. The van der Waals surface area contributed by atoms with Gasteiger partial charge in [-0.1, -0.05) is 6.92 Å². The summed E-state index contributed by atoms with van der Waals surface area (Å²) in [5, 5.41) is 16.1. The van der Waals surface area contributed by atoms with Crippen molar-refractivity contribution in [1.29, 1.82) is 0 Å². The zero-order chi connectivity index (χ0) is 24.1. The van der Waals surface area contributed by atoms with E-state index < -0.39 is 29.0 Å². The number of rotatable bonds is 4. The Bertz CT molecular complexity index is 1110. The number of hydrogen-bond acceptors (Lipinski definition) is 6. The highest BCUT2D eigenvalue weighted by Crippen LogP contribution is 2.48. The largest absolute Gasteiger partial charge is 0.477 e. The number of nitrogens with zero attached hydrogens (tertiary/aromatic N) is 3. The van der Waals surface area contributed by atoms with Gasteiger partial charge in [0, 0.05) is 12.1 Å². The number of amides is 1. The van der Waals surface area contributed by atoms with Crippen LogP contribution in [0.1, 0.15) is 74.4 Å². The fraction of sp³-hybridized carbons (Fsp3) is 0.609. The molecule has 0 bridgehead atoms. The van der Waals surface area contributed by atoms with E-state index in [1.165, 1.54) is 0 Å². The number of nitrogens with one attached hydrogen (secondary N) is 1. The number of esters is 1. The summed E-state index contributed by atoms with van der Waals surface area (Å²) < 4.78 is 20.6. The molecule has 2 heterocycles. The number of halogens is 1. The normalized spacial score (nSPS) is 27.2. The van der Waals surface area contributed by atoms with Crippen LogP contribution in [0.25, 0.3) is 5.65 Å². The highest BCUT2D eigenvalue weighted by molar-refractivity contribution is 5.96. The van der Waals surface area contributed by atoms with E-state index in [0.29, 0.717) is 6.42 Å². The lowest BCUT2D eigenvalue weighted by Gasteiger charge is -2.39. The average molecular weight is 461 g/mol. The second kappa shape index (κ2) is 8.39. The Morgan fingerprint density at radius 3 is 2.55 bits per heavy atom. The summed E-state index contributed by atoms with van der Waals surface area (Å²) >= 11 is 0. The minimum Gasteiger partial charge on any atom is -0.477 e. The van der Waals surface area contributed by atoms with Crippen LogP contribution in [0.4, 0.5) is 4.39 Å². The molecule has 0 aromatic carbocycles. The van der Waals surface area contributed by atoms with E-state index in [2.05, 4.69) is 22.3 Å². The highest BCUT2D eigenvalue weighted by atomic mass is 19.1. The lowest BCUT2D eigenvalue weighted by molar-refractivity contribution is -0.164. The zero-order valence-electron chi connectivity index (χ0n) is 19.2. The average Bonchev–Trinajstić information content (AvgIpc) is 3.30. The lowest BCUT2D eigenvalue weighted by Crippen LogP contribution is -2.44. The minimum atomic E-state index is -1.36. The third kappa shape index (κ3) is 4.43. The van der Waals surface area contributed by atoms with Gasteiger partial charge in [-0.15, -0.1) is 0 Å².